The van der Waals surface area contributed by atoms with E-state index in [1.165, 1.54) is 51.4 Å². The molecule has 3 rings (SSSR count). The van der Waals surface area contributed by atoms with Crippen LogP contribution in [0.1, 0.15) is 71.6 Å². The zero-order valence-electron chi connectivity index (χ0n) is 13.2. The molecule has 0 radical (unpaired) electrons. The first-order chi connectivity index (χ1) is 9.64. The van der Waals surface area contributed by atoms with E-state index in [-0.39, 0.29) is 5.54 Å². The van der Waals surface area contributed by atoms with Gasteiger partial charge >= 0.3 is 0 Å². The molecular weight excluding hydrogens is 248 g/mol. The van der Waals surface area contributed by atoms with Crippen LogP contribution in [-0.2, 0) is 4.79 Å². The fraction of sp³-hybridized carbons (Fsp3) is 0.941. The van der Waals surface area contributed by atoms with Crippen LogP contribution < -0.4 is 5.32 Å². The molecule has 20 heavy (non-hydrogen) atoms. The van der Waals surface area contributed by atoms with Crippen LogP contribution in [0.5, 0.6) is 0 Å². The van der Waals surface area contributed by atoms with Crippen LogP contribution in [0, 0.1) is 11.8 Å². The first kappa shape index (κ1) is 14.4. The van der Waals surface area contributed by atoms with Gasteiger partial charge in [-0.2, -0.15) is 0 Å². The molecular formula is C17H30N2O. The summed E-state index contributed by atoms with van der Waals surface area (Å²) in [7, 11) is 0. The molecule has 114 valence electrons. The van der Waals surface area contributed by atoms with Gasteiger partial charge in [-0.3, -0.25) is 10.1 Å². The van der Waals surface area contributed by atoms with Crippen LogP contribution in [0.25, 0.3) is 0 Å². The Morgan fingerprint density at radius 3 is 2.55 bits per heavy atom. The molecule has 0 spiro atoms. The maximum Gasteiger partial charge on any atom is 0.243 e. The first-order valence-electron chi connectivity index (χ1n) is 8.73. The molecule has 1 aliphatic heterocycles. The van der Waals surface area contributed by atoms with Crippen molar-refractivity contribution in [2.24, 2.45) is 11.8 Å². The summed E-state index contributed by atoms with van der Waals surface area (Å²) in [5.41, 5.74) is -0.313. The highest BCUT2D eigenvalue weighted by molar-refractivity contribution is 5.88. The summed E-state index contributed by atoms with van der Waals surface area (Å²) in [6, 6.07) is 0. The number of hydrogen-bond acceptors (Lipinski definition) is 2. The molecule has 1 N–H and O–H groups in total. The van der Waals surface area contributed by atoms with E-state index in [0.717, 1.165) is 18.9 Å². The predicted octanol–water partition coefficient (Wildman–Crippen LogP) is 3.29. The quantitative estimate of drug-likeness (QED) is 0.808. The van der Waals surface area contributed by atoms with Gasteiger partial charge in [0.25, 0.3) is 0 Å². The van der Waals surface area contributed by atoms with E-state index < -0.39 is 0 Å². The highest BCUT2D eigenvalue weighted by atomic mass is 16.2. The lowest BCUT2D eigenvalue weighted by Gasteiger charge is -2.29. The molecule has 0 aromatic heterocycles. The number of carbonyl (C=O) groups is 1. The average Bonchev–Trinajstić information content (AvgIpc) is 3.03. The standard InChI is InChI=1S/C17H30N2O/c1-3-17(2)16(20)19(12-6-7-13-10-11-13)15(18-17)14-8-4-5-9-14/h13-15,18H,3-12H2,1-2H3. The van der Waals surface area contributed by atoms with Crippen molar-refractivity contribution < 1.29 is 4.79 Å². The molecule has 3 aliphatic rings. The van der Waals surface area contributed by atoms with Gasteiger partial charge in [-0.25, -0.2) is 0 Å². The molecule has 1 saturated heterocycles. The summed E-state index contributed by atoms with van der Waals surface area (Å²) in [6.07, 6.45) is 11.9. The van der Waals surface area contributed by atoms with Gasteiger partial charge in [-0.15, -0.1) is 0 Å². The Morgan fingerprint density at radius 1 is 1.25 bits per heavy atom. The Kier molecular flexibility index (Phi) is 4.07. The van der Waals surface area contributed by atoms with Crippen LogP contribution >= 0.6 is 0 Å². The fourth-order valence-electron chi connectivity index (χ4n) is 4.01. The molecule has 3 fully saturated rings. The van der Waals surface area contributed by atoms with Gasteiger partial charge in [0.2, 0.25) is 5.91 Å². The summed E-state index contributed by atoms with van der Waals surface area (Å²) in [5.74, 6) is 2.02. The van der Waals surface area contributed by atoms with Crippen molar-refractivity contribution in [2.75, 3.05) is 6.54 Å². The summed E-state index contributed by atoms with van der Waals surface area (Å²) >= 11 is 0. The zero-order valence-corrected chi connectivity index (χ0v) is 13.2. The van der Waals surface area contributed by atoms with Gasteiger partial charge in [0.1, 0.15) is 0 Å². The Hall–Kier alpha value is -0.570. The minimum Gasteiger partial charge on any atom is -0.325 e. The van der Waals surface area contributed by atoms with Crippen LogP contribution in [0.15, 0.2) is 0 Å². The third kappa shape index (κ3) is 2.74. The molecule has 1 amide bonds. The average molecular weight is 278 g/mol. The molecule has 2 unspecified atom stereocenters. The van der Waals surface area contributed by atoms with Crippen molar-refractivity contribution in [1.82, 2.24) is 10.2 Å². The highest BCUT2D eigenvalue weighted by Crippen LogP contribution is 2.37. The van der Waals surface area contributed by atoms with Gasteiger partial charge in [-0.1, -0.05) is 32.6 Å². The van der Waals surface area contributed by atoms with Crippen LogP contribution in [0.2, 0.25) is 0 Å². The number of carbonyl (C=O) groups excluding carboxylic acids is 1. The van der Waals surface area contributed by atoms with Gasteiger partial charge in [-0.05, 0) is 50.9 Å². The molecule has 0 aromatic carbocycles. The van der Waals surface area contributed by atoms with Crippen LogP contribution in [0.3, 0.4) is 0 Å². The van der Waals surface area contributed by atoms with Gasteiger partial charge in [0, 0.05) is 6.54 Å². The minimum absolute atomic E-state index is 0.313. The predicted molar refractivity (Wildman–Crippen MR) is 81.2 cm³/mol. The van der Waals surface area contributed by atoms with E-state index in [1.54, 1.807) is 0 Å². The Balaban J connectivity index is 1.65. The Morgan fingerprint density at radius 2 is 1.95 bits per heavy atom. The van der Waals surface area contributed by atoms with E-state index in [9.17, 15) is 4.79 Å². The van der Waals surface area contributed by atoms with Crippen molar-refractivity contribution in [1.29, 1.82) is 0 Å². The van der Waals surface area contributed by atoms with E-state index in [1.807, 2.05) is 0 Å². The van der Waals surface area contributed by atoms with E-state index >= 15 is 0 Å². The molecule has 2 atom stereocenters. The highest BCUT2D eigenvalue weighted by Gasteiger charge is 2.49. The van der Waals surface area contributed by atoms with E-state index in [2.05, 4.69) is 24.1 Å². The molecule has 0 bridgehead atoms. The molecule has 3 nitrogen and oxygen atoms in total. The Labute approximate surface area is 123 Å². The van der Waals surface area contributed by atoms with Crippen LogP contribution in [0.4, 0.5) is 0 Å². The van der Waals surface area contributed by atoms with Gasteiger partial charge in [0.15, 0.2) is 0 Å². The summed E-state index contributed by atoms with van der Waals surface area (Å²) in [4.78, 5) is 15.0. The van der Waals surface area contributed by atoms with Gasteiger partial charge in [0.05, 0.1) is 11.7 Å². The van der Waals surface area contributed by atoms with Crippen molar-refractivity contribution in [3.05, 3.63) is 0 Å². The molecule has 2 saturated carbocycles. The maximum absolute atomic E-state index is 12.8. The molecule has 0 aromatic rings. The zero-order chi connectivity index (χ0) is 14.2. The number of nitrogens with one attached hydrogen (secondary N) is 1. The second-order valence-corrected chi connectivity index (χ2v) is 7.40. The molecule has 2 aliphatic carbocycles. The number of rotatable bonds is 6. The topological polar surface area (TPSA) is 32.3 Å². The van der Waals surface area contributed by atoms with E-state index in [0.29, 0.717) is 18.0 Å². The second kappa shape index (κ2) is 5.67. The maximum atomic E-state index is 12.8. The second-order valence-electron chi connectivity index (χ2n) is 7.40. The number of amides is 1. The minimum atomic E-state index is -0.313. The van der Waals surface area contributed by atoms with E-state index in [4.69, 9.17) is 0 Å². The summed E-state index contributed by atoms with van der Waals surface area (Å²) in [5, 5.41) is 3.69. The summed E-state index contributed by atoms with van der Waals surface area (Å²) in [6.45, 7) is 5.20. The third-order valence-electron chi connectivity index (χ3n) is 5.80. The first-order valence-corrected chi connectivity index (χ1v) is 8.73. The normalized spacial score (nSPS) is 35.2. The van der Waals surface area contributed by atoms with Crippen LogP contribution in [-0.4, -0.2) is 29.1 Å². The van der Waals surface area contributed by atoms with Gasteiger partial charge < -0.3 is 4.90 Å². The lowest BCUT2D eigenvalue weighted by atomic mass is 9.99. The van der Waals surface area contributed by atoms with Crippen molar-refractivity contribution in [3.8, 4) is 0 Å². The molecule has 3 heteroatoms. The monoisotopic (exact) mass is 278 g/mol. The van der Waals surface area contributed by atoms with Crippen molar-refractivity contribution >= 4 is 5.91 Å². The van der Waals surface area contributed by atoms with Crippen molar-refractivity contribution in [3.63, 3.8) is 0 Å². The largest absolute Gasteiger partial charge is 0.325 e. The SMILES string of the molecule is CCC1(C)NC(C2CCCC2)N(CCCC2CC2)C1=O. The fourth-order valence-corrected chi connectivity index (χ4v) is 4.01. The molecule has 1 heterocycles. The lowest BCUT2D eigenvalue weighted by Crippen LogP contribution is -2.45. The third-order valence-corrected chi connectivity index (χ3v) is 5.80. The number of hydrogen-bond donors (Lipinski definition) is 1. The Bertz CT molecular complexity index is 360. The number of nitrogens with zero attached hydrogens (tertiary/aromatic N) is 1. The van der Waals surface area contributed by atoms with Crippen molar-refractivity contribution in [2.45, 2.75) is 83.3 Å². The summed E-state index contributed by atoms with van der Waals surface area (Å²) < 4.78 is 0. The smallest absolute Gasteiger partial charge is 0.243 e. The lowest BCUT2D eigenvalue weighted by molar-refractivity contribution is -0.133.